The molecule has 2 heteroatoms. The molecule has 1 heterocycles. The normalized spacial score (nSPS) is 19.7. The lowest BCUT2D eigenvalue weighted by molar-refractivity contribution is 0.456. The average molecular weight is 233 g/mol. The van der Waals surface area contributed by atoms with Crippen molar-refractivity contribution >= 4 is 0 Å². The Hall–Kier alpha value is -1.02. The Labute approximate surface area is 104 Å². The van der Waals surface area contributed by atoms with Gasteiger partial charge in [0.15, 0.2) is 0 Å². The maximum Gasteiger partial charge on any atom is 0.120 e. The van der Waals surface area contributed by atoms with Crippen LogP contribution in [0.4, 0.5) is 0 Å². The van der Waals surface area contributed by atoms with Gasteiger partial charge in [0, 0.05) is 11.6 Å². The first-order chi connectivity index (χ1) is 8.31. The zero-order chi connectivity index (χ0) is 12.1. The highest BCUT2D eigenvalue weighted by molar-refractivity contribution is 5.38. The van der Waals surface area contributed by atoms with Crippen molar-refractivity contribution in [1.82, 2.24) is 5.32 Å². The van der Waals surface area contributed by atoms with Crippen molar-refractivity contribution in [3.63, 3.8) is 0 Å². The van der Waals surface area contributed by atoms with E-state index >= 15 is 0 Å². The zero-order valence-corrected chi connectivity index (χ0v) is 10.7. The molecule has 0 aromatic heterocycles. The lowest BCUT2D eigenvalue weighted by Gasteiger charge is -2.14. The molecule has 1 fully saturated rings. The number of nitrogens with one attached hydrogen (secondary N) is 1. The molecule has 0 bridgehead atoms. The van der Waals surface area contributed by atoms with E-state index in [0.29, 0.717) is 11.8 Å². The maximum absolute atomic E-state index is 9.93. The van der Waals surface area contributed by atoms with E-state index in [9.17, 15) is 5.11 Å². The summed E-state index contributed by atoms with van der Waals surface area (Å²) in [5, 5.41) is 13.4. The summed E-state index contributed by atoms with van der Waals surface area (Å²) in [5.74, 6) is 0.448. The molecule has 0 saturated carbocycles. The first kappa shape index (κ1) is 12.4. The second-order valence-corrected chi connectivity index (χ2v) is 5.00. The zero-order valence-electron chi connectivity index (χ0n) is 10.7. The molecule has 0 spiro atoms. The van der Waals surface area contributed by atoms with Gasteiger partial charge in [0.05, 0.1) is 0 Å². The van der Waals surface area contributed by atoms with Gasteiger partial charge in [0.25, 0.3) is 0 Å². The van der Waals surface area contributed by atoms with E-state index in [2.05, 4.69) is 24.4 Å². The van der Waals surface area contributed by atoms with E-state index < -0.39 is 0 Å². The molecule has 17 heavy (non-hydrogen) atoms. The summed E-state index contributed by atoms with van der Waals surface area (Å²) < 4.78 is 0. The number of phenolic OH excluding ortho intramolecular Hbond substituents is 1. The number of benzene rings is 1. The van der Waals surface area contributed by atoms with Crippen LogP contribution >= 0.6 is 0 Å². The molecule has 1 aliphatic heterocycles. The van der Waals surface area contributed by atoms with Crippen LogP contribution in [-0.4, -0.2) is 11.7 Å². The Morgan fingerprint density at radius 3 is 2.94 bits per heavy atom. The van der Waals surface area contributed by atoms with E-state index in [0.717, 1.165) is 24.9 Å². The fourth-order valence-corrected chi connectivity index (χ4v) is 2.57. The lowest BCUT2D eigenvalue weighted by atomic mass is 9.99. The molecule has 1 aromatic carbocycles. The number of hydrogen-bond donors (Lipinski definition) is 2. The van der Waals surface area contributed by atoms with Gasteiger partial charge in [-0.05, 0) is 43.9 Å². The molecule has 0 unspecified atom stereocenters. The highest BCUT2D eigenvalue weighted by atomic mass is 16.3. The minimum absolute atomic E-state index is 0.362. The SMILES string of the molecule is CCCCCc1ccc(O)c([C@@H]2CCCN2)c1. The van der Waals surface area contributed by atoms with Crippen molar-refractivity contribution in [1.29, 1.82) is 0 Å². The summed E-state index contributed by atoms with van der Waals surface area (Å²) in [6.07, 6.45) is 7.29. The topological polar surface area (TPSA) is 32.3 Å². The molecule has 1 atom stereocenters. The monoisotopic (exact) mass is 233 g/mol. The highest BCUT2D eigenvalue weighted by Gasteiger charge is 2.19. The second-order valence-electron chi connectivity index (χ2n) is 5.00. The number of aromatic hydroxyl groups is 1. The van der Waals surface area contributed by atoms with E-state index in [1.807, 2.05) is 6.07 Å². The van der Waals surface area contributed by atoms with Crippen molar-refractivity contribution in [2.75, 3.05) is 6.54 Å². The Balaban J connectivity index is 2.06. The molecule has 2 nitrogen and oxygen atoms in total. The third kappa shape index (κ3) is 3.22. The first-order valence-electron chi connectivity index (χ1n) is 6.86. The van der Waals surface area contributed by atoms with Gasteiger partial charge in [-0.2, -0.15) is 0 Å². The van der Waals surface area contributed by atoms with Crippen molar-refractivity contribution in [2.24, 2.45) is 0 Å². The molecule has 0 amide bonds. The van der Waals surface area contributed by atoms with Gasteiger partial charge in [-0.25, -0.2) is 0 Å². The molecule has 2 rings (SSSR count). The summed E-state index contributed by atoms with van der Waals surface area (Å²) in [5.41, 5.74) is 2.46. The minimum Gasteiger partial charge on any atom is -0.508 e. The number of rotatable bonds is 5. The van der Waals surface area contributed by atoms with Gasteiger partial charge >= 0.3 is 0 Å². The molecular weight excluding hydrogens is 210 g/mol. The largest absolute Gasteiger partial charge is 0.508 e. The first-order valence-corrected chi connectivity index (χ1v) is 6.86. The van der Waals surface area contributed by atoms with Crippen molar-refractivity contribution < 1.29 is 5.11 Å². The van der Waals surface area contributed by atoms with Gasteiger partial charge in [-0.3, -0.25) is 0 Å². The third-order valence-electron chi connectivity index (χ3n) is 3.60. The van der Waals surface area contributed by atoms with Crippen molar-refractivity contribution in [3.8, 4) is 5.75 Å². The van der Waals surface area contributed by atoms with E-state index in [1.165, 1.54) is 31.2 Å². The molecular formula is C15H23NO. The minimum atomic E-state index is 0.362. The summed E-state index contributed by atoms with van der Waals surface area (Å²) >= 11 is 0. The molecule has 0 radical (unpaired) electrons. The van der Waals surface area contributed by atoms with E-state index in [4.69, 9.17) is 0 Å². The van der Waals surface area contributed by atoms with Crippen LogP contribution in [0, 0.1) is 0 Å². The van der Waals surface area contributed by atoms with Gasteiger partial charge < -0.3 is 10.4 Å². The fraction of sp³-hybridized carbons (Fsp3) is 0.600. The van der Waals surface area contributed by atoms with Crippen LogP contribution in [0.5, 0.6) is 5.75 Å². The molecule has 1 aliphatic rings. The van der Waals surface area contributed by atoms with Gasteiger partial charge in [0.1, 0.15) is 5.75 Å². The molecule has 1 aromatic rings. The predicted molar refractivity (Wildman–Crippen MR) is 71.3 cm³/mol. The Morgan fingerprint density at radius 2 is 2.24 bits per heavy atom. The third-order valence-corrected chi connectivity index (χ3v) is 3.60. The van der Waals surface area contributed by atoms with E-state index in [1.54, 1.807) is 0 Å². The van der Waals surface area contributed by atoms with Crippen LogP contribution in [-0.2, 0) is 6.42 Å². The smallest absolute Gasteiger partial charge is 0.120 e. The second kappa shape index (κ2) is 6.06. The summed E-state index contributed by atoms with van der Waals surface area (Å²) in [7, 11) is 0. The van der Waals surface area contributed by atoms with Crippen LogP contribution in [0.15, 0.2) is 18.2 Å². The van der Waals surface area contributed by atoms with Crippen molar-refractivity contribution in [2.45, 2.75) is 51.5 Å². The Morgan fingerprint density at radius 1 is 1.35 bits per heavy atom. The highest BCUT2D eigenvalue weighted by Crippen LogP contribution is 2.31. The van der Waals surface area contributed by atoms with Gasteiger partial charge in [-0.1, -0.05) is 31.9 Å². The Kier molecular flexibility index (Phi) is 4.43. The van der Waals surface area contributed by atoms with Gasteiger partial charge in [-0.15, -0.1) is 0 Å². The summed E-state index contributed by atoms with van der Waals surface area (Å²) in [6.45, 7) is 3.30. The molecule has 94 valence electrons. The summed E-state index contributed by atoms with van der Waals surface area (Å²) in [4.78, 5) is 0. The molecule has 2 N–H and O–H groups in total. The van der Waals surface area contributed by atoms with Crippen LogP contribution < -0.4 is 5.32 Å². The average Bonchev–Trinajstić information content (AvgIpc) is 2.85. The lowest BCUT2D eigenvalue weighted by Crippen LogP contribution is -2.13. The van der Waals surface area contributed by atoms with Gasteiger partial charge in [0.2, 0.25) is 0 Å². The van der Waals surface area contributed by atoms with Crippen LogP contribution in [0.25, 0.3) is 0 Å². The standard InChI is InChI=1S/C15H23NO/c1-2-3-4-6-12-8-9-15(17)13(11-12)14-7-5-10-16-14/h8-9,11,14,16-17H,2-7,10H2,1H3/t14-/m0/s1. The maximum atomic E-state index is 9.93. The number of hydrogen-bond acceptors (Lipinski definition) is 2. The van der Waals surface area contributed by atoms with Crippen LogP contribution in [0.2, 0.25) is 0 Å². The predicted octanol–water partition coefficient (Wildman–Crippen LogP) is 3.55. The molecule has 1 saturated heterocycles. The number of aryl methyl sites for hydroxylation is 1. The number of phenols is 1. The Bertz CT molecular complexity index is 356. The van der Waals surface area contributed by atoms with E-state index in [-0.39, 0.29) is 0 Å². The quantitative estimate of drug-likeness (QED) is 0.762. The van der Waals surface area contributed by atoms with Crippen molar-refractivity contribution in [3.05, 3.63) is 29.3 Å². The molecule has 0 aliphatic carbocycles. The van der Waals surface area contributed by atoms with Crippen LogP contribution in [0.1, 0.15) is 56.2 Å². The number of unbranched alkanes of at least 4 members (excludes halogenated alkanes) is 2. The summed E-state index contributed by atoms with van der Waals surface area (Å²) in [6, 6.07) is 6.47. The van der Waals surface area contributed by atoms with Crippen LogP contribution in [0.3, 0.4) is 0 Å². The fourth-order valence-electron chi connectivity index (χ4n) is 2.57.